The lowest BCUT2D eigenvalue weighted by Crippen LogP contribution is -2.57. The molecule has 2 unspecified atom stereocenters. The molecule has 17 heavy (non-hydrogen) atoms. The Balaban J connectivity index is 1.98. The van der Waals surface area contributed by atoms with Crippen molar-refractivity contribution in [1.29, 1.82) is 0 Å². The van der Waals surface area contributed by atoms with Crippen LogP contribution in [0.2, 0.25) is 0 Å². The fourth-order valence-electron chi connectivity index (χ4n) is 3.32. The van der Waals surface area contributed by atoms with E-state index in [0.29, 0.717) is 6.04 Å². The fraction of sp³-hybridized carbons (Fsp3) is 1.00. The molecule has 0 aromatic rings. The minimum absolute atomic E-state index is 0.247. The molecule has 0 amide bonds. The van der Waals surface area contributed by atoms with Gasteiger partial charge in [-0.3, -0.25) is 9.80 Å². The van der Waals surface area contributed by atoms with Crippen LogP contribution in [0.4, 0.5) is 0 Å². The van der Waals surface area contributed by atoms with Gasteiger partial charge in [0, 0.05) is 37.3 Å². The Morgan fingerprint density at radius 2 is 2.18 bits per heavy atom. The fourth-order valence-corrected chi connectivity index (χ4v) is 3.32. The van der Waals surface area contributed by atoms with E-state index in [-0.39, 0.29) is 5.54 Å². The second-order valence-corrected chi connectivity index (χ2v) is 6.13. The Morgan fingerprint density at radius 3 is 2.71 bits per heavy atom. The summed E-state index contributed by atoms with van der Waals surface area (Å²) >= 11 is 0. The van der Waals surface area contributed by atoms with E-state index >= 15 is 0 Å². The lowest BCUT2D eigenvalue weighted by Gasteiger charge is -2.42. The van der Waals surface area contributed by atoms with Crippen LogP contribution in [0, 0.1) is 0 Å². The number of nitrogens with two attached hydrogens (primary N) is 1. The average molecular weight is 239 g/mol. The van der Waals surface area contributed by atoms with Gasteiger partial charge in [0.1, 0.15) is 0 Å². The topological polar surface area (TPSA) is 32.5 Å². The van der Waals surface area contributed by atoms with Crippen molar-refractivity contribution in [1.82, 2.24) is 9.80 Å². The number of hydrogen-bond acceptors (Lipinski definition) is 3. The molecular formula is C14H29N3. The monoisotopic (exact) mass is 239 g/mol. The van der Waals surface area contributed by atoms with E-state index in [0.717, 1.165) is 12.6 Å². The van der Waals surface area contributed by atoms with Gasteiger partial charge in [-0.15, -0.1) is 0 Å². The minimum Gasteiger partial charge on any atom is -0.329 e. The number of nitrogens with zero attached hydrogens (tertiary/aromatic N) is 2. The van der Waals surface area contributed by atoms with Crippen LogP contribution >= 0.6 is 0 Å². The maximum Gasteiger partial charge on any atom is 0.0470 e. The van der Waals surface area contributed by atoms with Gasteiger partial charge in [-0.05, 0) is 39.7 Å². The summed E-state index contributed by atoms with van der Waals surface area (Å²) in [4.78, 5) is 5.24. The lowest BCUT2D eigenvalue weighted by atomic mass is 9.94. The number of likely N-dealkylation sites (tertiary alicyclic amines) is 1. The van der Waals surface area contributed by atoms with Crippen LogP contribution in [0.5, 0.6) is 0 Å². The Bertz CT molecular complexity index is 252. The maximum absolute atomic E-state index is 6.12. The molecule has 2 rings (SSSR count). The van der Waals surface area contributed by atoms with Gasteiger partial charge in [-0.25, -0.2) is 0 Å². The van der Waals surface area contributed by atoms with E-state index in [9.17, 15) is 0 Å². The van der Waals surface area contributed by atoms with Gasteiger partial charge in [-0.2, -0.15) is 0 Å². The molecule has 3 nitrogen and oxygen atoms in total. The smallest absolute Gasteiger partial charge is 0.0470 e. The van der Waals surface area contributed by atoms with Crippen molar-refractivity contribution >= 4 is 0 Å². The first kappa shape index (κ1) is 13.3. The van der Waals surface area contributed by atoms with Crippen LogP contribution in [0.1, 0.15) is 46.0 Å². The normalized spacial score (nSPS) is 32.3. The van der Waals surface area contributed by atoms with E-state index in [4.69, 9.17) is 5.73 Å². The second-order valence-electron chi connectivity index (χ2n) is 6.13. The zero-order valence-electron chi connectivity index (χ0n) is 11.8. The summed E-state index contributed by atoms with van der Waals surface area (Å²) in [6, 6.07) is 1.54. The summed E-state index contributed by atoms with van der Waals surface area (Å²) in [5, 5.41) is 0. The zero-order chi connectivity index (χ0) is 12.5. The minimum atomic E-state index is 0.247. The molecule has 100 valence electrons. The predicted molar refractivity (Wildman–Crippen MR) is 73.1 cm³/mol. The molecule has 1 aliphatic heterocycles. The Labute approximate surface area is 106 Å². The summed E-state index contributed by atoms with van der Waals surface area (Å²) in [7, 11) is 2.28. The first-order chi connectivity index (χ1) is 8.13. The first-order valence-electron chi connectivity index (χ1n) is 7.30. The molecular weight excluding hydrogens is 210 g/mol. The quantitative estimate of drug-likeness (QED) is 0.765. The lowest BCUT2D eigenvalue weighted by molar-refractivity contribution is 0.0840. The number of rotatable bonds is 6. The molecule has 3 heteroatoms. The molecule has 2 aliphatic rings. The molecule has 1 saturated heterocycles. The molecule has 0 aromatic carbocycles. The van der Waals surface area contributed by atoms with Crippen LogP contribution in [0.25, 0.3) is 0 Å². The SMILES string of the molecule is CCCC(C)N(C)C1(CN)CCN(C2CC2)C1. The third-order valence-corrected chi connectivity index (χ3v) is 4.92. The summed E-state index contributed by atoms with van der Waals surface area (Å²) in [5.74, 6) is 0. The van der Waals surface area contributed by atoms with Crippen molar-refractivity contribution in [2.75, 3.05) is 26.7 Å². The highest BCUT2D eigenvalue weighted by Gasteiger charge is 2.45. The predicted octanol–water partition coefficient (Wildman–Crippen LogP) is 1.67. The van der Waals surface area contributed by atoms with Gasteiger partial charge in [-0.1, -0.05) is 13.3 Å². The molecule has 1 saturated carbocycles. The Morgan fingerprint density at radius 1 is 1.47 bits per heavy atom. The van der Waals surface area contributed by atoms with Gasteiger partial charge >= 0.3 is 0 Å². The van der Waals surface area contributed by atoms with Crippen molar-refractivity contribution in [2.45, 2.75) is 63.6 Å². The average Bonchev–Trinajstić information content (AvgIpc) is 3.09. The maximum atomic E-state index is 6.12. The zero-order valence-corrected chi connectivity index (χ0v) is 11.8. The van der Waals surface area contributed by atoms with E-state index < -0.39 is 0 Å². The highest BCUT2D eigenvalue weighted by Crippen LogP contribution is 2.36. The Hall–Kier alpha value is -0.120. The standard InChI is InChI=1S/C14H29N3/c1-4-5-12(2)16(3)14(10-15)8-9-17(11-14)13-6-7-13/h12-13H,4-11,15H2,1-3H3. The van der Waals surface area contributed by atoms with Gasteiger partial charge in [0.25, 0.3) is 0 Å². The van der Waals surface area contributed by atoms with Crippen LogP contribution in [-0.4, -0.2) is 54.1 Å². The van der Waals surface area contributed by atoms with Gasteiger partial charge < -0.3 is 5.73 Å². The van der Waals surface area contributed by atoms with Gasteiger partial charge in [0.2, 0.25) is 0 Å². The number of likely N-dealkylation sites (N-methyl/N-ethyl adjacent to an activating group) is 1. The van der Waals surface area contributed by atoms with Crippen molar-refractivity contribution in [2.24, 2.45) is 5.73 Å². The van der Waals surface area contributed by atoms with Gasteiger partial charge in [0.15, 0.2) is 0 Å². The highest BCUT2D eigenvalue weighted by molar-refractivity contribution is 5.03. The molecule has 0 spiro atoms. The Kier molecular flexibility index (Phi) is 4.11. The third-order valence-electron chi connectivity index (χ3n) is 4.92. The molecule has 0 radical (unpaired) electrons. The third kappa shape index (κ3) is 2.67. The van der Waals surface area contributed by atoms with E-state index in [1.165, 1.54) is 45.2 Å². The molecule has 0 bridgehead atoms. The van der Waals surface area contributed by atoms with Crippen molar-refractivity contribution < 1.29 is 0 Å². The molecule has 2 N–H and O–H groups in total. The molecule has 1 heterocycles. The van der Waals surface area contributed by atoms with E-state index in [1.807, 2.05) is 0 Å². The van der Waals surface area contributed by atoms with Crippen LogP contribution in [-0.2, 0) is 0 Å². The van der Waals surface area contributed by atoms with E-state index in [2.05, 4.69) is 30.7 Å². The summed E-state index contributed by atoms with van der Waals surface area (Å²) in [6.45, 7) is 7.87. The summed E-state index contributed by atoms with van der Waals surface area (Å²) in [6.07, 6.45) is 6.62. The van der Waals surface area contributed by atoms with Crippen LogP contribution < -0.4 is 5.73 Å². The van der Waals surface area contributed by atoms with Crippen LogP contribution in [0.15, 0.2) is 0 Å². The van der Waals surface area contributed by atoms with Gasteiger partial charge in [0.05, 0.1) is 0 Å². The summed E-state index contributed by atoms with van der Waals surface area (Å²) < 4.78 is 0. The highest BCUT2D eigenvalue weighted by atomic mass is 15.3. The van der Waals surface area contributed by atoms with E-state index in [1.54, 1.807) is 0 Å². The van der Waals surface area contributed by atoms with Crippen LogP contribution in [0.3, 0.4) is 0 Å². The molecule has 1 aliphatic carbocycles. The van der Waals surface area contributed by atoms with Crippen molar-refractivity contribution in [3.05, 3.63) is 0 Å². The van der Waals surface area contributed by atoms with Crippen molar-refractivity contribution in [3.8, 4) is 0 Å². The molecule has 2 fully saturated rings. The van der Waals surface area contributed by atoms with Crippen molar-refractivity contribution in [3.63, 3.8) is 0 Å². The molecule has 0 aromatic heterocycles. The molecule has 2 atom stereocenters. The summed E-state index contributed by atoms with van der Waals surface area (Å²) in [5.41, 5.74) is 6.37. The largest absolute Gasteiger partial charge is 0.329 e. The number of hydrogen-bond donors (Lipinski definition) is 1. The second kappa shape index (κ2) is 5.25. The first-order valence-corrected chi connectivity index (χ1v) is 7.30.